The van der Waals surface area contributed by atoms with Gasteiger partial charge in [0, 0.05) is 11.1 Å². The Kier molecular flexibility index (Phi) is 4.80. The first-order chi connectivity index (χ1) is 16.5. The first-order valence-electron chi connectivity index (χ1n) is 13.8. The van der Waals surface area contributed by atoms with Crippen molar-refractivity contribution in [3.63, 3.8) is 0 Å². The predicted molar refractivity (Wildman–Crippen MR) is 129 cm³/mol. The van der Waals surface area contributed by atoms with E-state index in [1.54, 1.807) is 0 Å². The van der Waals surface area contributed by atoms with Gasteiger partial charge in [-0.15, -0.1) is 0 Å². The largest absolute Gasteiger partial charge is 0.478 e. The molecule has 180 valence electrons. The molecule has 4 nitrogen and oxygen atoms in total. The van der Waals surface area contributed by atoms with Crippen molar-refractivity contribution in [3.8, 4) is 0 Å². The number of allylic oxidation sites excluding steroid dienone is 6. The van der Waals surface area contributed by atoms with Gasteiger partial charge < -0.3 is 10.2 Å². The fraction of sp³-hybridized carbons (Fsp3) is 0.667. The van der Waals surface area contributed by atoms with E-state index in [1.807, 2.05) is 0 Å². The van der Waals surface area contributed by atoms with E-state index in [9.17, 15) is 19.8 Å². The number of hydrogen-bond donors (Lipinski definition) is 2. The van der Waals surface area contributed by atoms with Crippen molar-refractivity contribution in [2.75, 3.05) is 0 Å². The van der Waals surface area contributed by atoms with Crippen molar-refractivity contribution in [2.24, 2.45) is 71.0 Å². The number of rotatable bonds is 2. The van der Waals surface area contributed by atoms with Gasteiger partial charge in [-0.25, -0.2) is 9.59 Å². The second-order valence-corrected chi connectivity index (χ2v) is 12.4. The van der Waals surface area contributed by atoms with E-state index >= 15 is 0 Å². The number of hydrogen-bond acceptors (Lipinski definition) is 2. The van der Waals surface area contributed by atoms with Gasteiger partial charge >= 0.3 is 11.9 Å². The smallest absolute Gasteiger partial charge is 0.331 e. The van der Waals surface area contributed by atoms with E-state index < -0.39 is 11.9 Å². The molecule has 0 aromatic rings. The highest BCUT2D eigenvalue weighted by molar-refractivity contribution is 5.87. The van der Waals surface area contributed by atoms with Crippen molar-refractivity contribution in [1.82, 2.24) is 0 Å². The molecule has 0 aliphatic heterocycles. The van der Waals surface area contributed by atoms with Gasteiger partial charge in [-0.3, -0.25) is 0 Å². The van der Waals surface area contributed by atoms with Crippen LogP contribution in [0.1, 0.15) is 51.4 Å². The van der Waals surface area contributed by atoms with Gasteiger partial charge in [0.05, 0.1) is 0 Å². The summed E-state index contributed by atoms with van der Waals surface area (Å²) in [5, 5.41) is 19.8. The molecule has 4 heteroatoms. The summed E-state index contributed by atoms with van der Waals surface area (Å²) >= 11 is 0. The van der Waals surface area contributed by atoms with Crippen LogP contribution in [-0.4, -0.2) is 22.2 Å². The molecule has 10 aliphatic carbocycles. The summed E-state index contributed by atoms with van der Waals surface area (Å²) < 4.78 is 0. The summed E-state index contributed by atoms with van der Waals surface area (Å²) in [4.78, 5) is 24.1. The molecular formula is C30H36O4. The summed E-state index contributed by atoms with van der Waals surface area (Å²) in [6.07, 6.45) is 22.5. The zero-order chi connectivity index (χ0) is 23.1. The second-order valence-electron chi connectivity index (χ2n) is 12.4. The van der Waals surface area contributed by atoms with Crippen molar-refractivity contribution < 1.29 is 19.8 Å². The quantitative estimate of drug-likeness (QED) is 0.516. The van der Waals surface area contributed by atoms with Crippen LogP contribution < -0.4 is 0 Å². The Hall–Kier alpha value is -2.10. The first kappa shape index (κ1) is 21.2. The fourth-order valence-electron chi connectivity index (χ4n) is 10.7. The van der Waals surface area contributed by atoms with Gasteiger partial charge in [-0.2, -0.15) is 0 Å². The van der Waals surface area contributed by atoms with Crippen molar-refractivity contribution in [2.45, 2.75) is 51.4 Å². The van der Waals surface area contributed by atoms with E-state index in [2.05, 4.69) is 36.5 Å². The zero-order valence-corrected chi connectivity index (χ0v) is 19.8. The van der Waals surface area contributed by atoms with Crippen LogP contribution in [0.4, 0.5) is 0 Å². The van der Waals surface area contributed by atoms with Crippen LogP contribution in [-0.2, 0) is 9.59 Å². The minimum absolute atomic E-state index is 0.349. The lowest BCUT2D eigenvalue weighted by molar-refractivity contribution is -0.180. The molecular weight excluding hydrogens is 424 g/mol. The molecule has 0 amide bonds. The Bertz CT molecular complexity index is 950. The van der Waals surface area contributed by atoms with Crippen LogP contribution in [0.15, 0.2) is 47.6 Å². The third-order valence-corrected chi connectivity index (χ3v) is 11.5. The average Bonchev–Trinajstić information content (AvgIpc) is 2.84. The highest BCUT2D eigenvalue weighted by Gasteiger charge is 2.65. The maximum absolute atomic E-state index is 12.0. The van der Waals surface area contributed by atoms with E-state index in [-0.39, 0.29) is 0 Å². The third kappa shape index (κ3) is 2.83. The van der Waals surface area contributed by atoms with Crippen LogP contribution in [0.3, 0.4) is 0 Å². The van der Waals surface area contributed by atoms with Gasteiger partial charge in [0.1, 0.15) is 0 Å². The zero-order valence-electron chi connectivity index (χ0n) is 19.8. The monoisotopic (exact) mass is 460 g/mol. The van der Waals surface area contributed by atoms with Crippen LogP contribution in [0.5, 0.6) is 0 Å². The Labute approximate surface area is 201 Å². The second kappa shape index (κ2) is 7.70. The van der Waals surface area contributed by atoms with E-state index in [0.29, 0.717) is 95.0 Å². The molecule has 10 rings (SSSR count). The van der Waals surface area contributed by atoms with Gasteiger partial charge in [0.2, 0.25) is 0 Å². The van der Waals surface area contributed by atoms with E-state index in [1.165, 1.54) is 12.8 Å². The minimum Gasteiger partial charge on any atom is -0.478 e. The summed E-state index contributed by atoms with van der Waals surface area (Å²) in [7, 11) is 0. The molecule has 0 aromatic carbocycles. The van der Waals surface area contributed by atoms with Crippen LogP contribution in [0.25, 0.3) is 0 Å². The molecule has 0 saturated heterocycles. The number of carbonyl (C=O) groups is 2. The normalized spacial score (nSPS) is 50.0. The van der Waals surface area contributed by atoms with Crippen LogP contribution >= 0.6 is 0 Å². The number of carboxylic acids is 2. The molecule has 0 spiro atoms. The topological polar surface area (TPSA) is 74.6 Å². The average molecular weight is 461 g/mol. The molecule has 34 heavy (non-hydrogen) atoms. The lowest BCUT2D eigenvalue weighted by Crippen LogP contribution is -2.64. The molecule has 6 saturated carbocycles. The Morgan fingerprint density at radius 1 is 0.588 bits per heavy atom. The highest BCUT2D eigenvalue weighted by Crippen LogP contribution is 2.70. The predicted octanol–water partition coefficient (Wildman–Crippen LogP) is 5.73. The van der Waals surface area contributed by atoms with Crippen molar-refractivity contribution in [1.29, 1.82) is 0 Å². The number of aliphatic carboxylic acids is 2. The minimum atomic E-state index is -0.733. The number of carboxylic acid groups (broad SMARTS) is 2. The van der Waals surface area contributed by atoms with E-state index in [0.717, 1.165) is 25.7 Å². The fourth-order valence-corrected chi connectivity index (χ4v) is 10.7. The Morgan fingerprint density at radius 2 is 0.971 bits per heavy atom. The third-order valence-electron chi connectivity index (χ3n) is 11.5. The molecule has 10 aliphatic rings. The van der Waals surface area contributed by atoms with Crippen LogP contribution in [0.2, 0.25) is 0 Å². The molecule has 0 aromatic heterocycles. The molecule has 6 fully saturated rings. The molecule has 12 atom stereocenters. The molecule has 12 unspecified atom stereocenters. The standard InChI is InChI=1S/C30H36O4/c31-29(32)15-9-11-21-23(13-15)27-19-7-3-1-5-17(19)25(21)26-18-6-2-4-8-20(18)28(27)24-14-16(30(33)34)10-12-22(24)26/h1-2,5-6,13-14,17-28H,3-4,7-12H2,(H,31,32)(H,33,34). The summed E-state index contributed by atoms with van der Waals surface area (Å²) in [5.41, 5.74) is 1.27. The Balaban J connectivity index is 1.46. The van der Waals surface area contributed by atoms with Gasteiger partial charge in [0.15, 0.2) is 0 Å². The molecule has 2 N–H and O–H groups in total. The first-order valence-corrected chi connectivity index (χ1v) is 13.8. The lowest BCUT2D eigenvalue weighted by Gasteiger charge is -2.69. The SMILES string of the molecule is O=C(O)C1=CC2C(CC1)C1C3C=CCCC3C2C2C3C=C(C(=O)O)CCC3C1C1C=CCCC12. The summed E-state index contributed by atoms with van der Waals surface area (Å²) in [6.45, 7) is 0. The summed E-state index contributed by atoms with van der Waals surface area (Å²) in [6, 6.07) is 0. The van der Waals surface area contributed by atoms with Gasteiger partial charge in [-0.1, -0.05) is 36.5 Å². The highest BCUT2D eigenvalue weighted by atomic mass is 16.4. The maximum Gasteiger partial charge on any atom is 0.331 e. The van der Waals surface area contributed by atoms with Crippen molar-refractivity contribution in [3.05, 3.63) is 47.6 Å². The van der Waals surface area contributed by atoms with Gasteiger partial charge in [0.25, 0.3) is 0 Å². The lowest BCUT2D eigenvalue weighted by atomic mass is 9.35. The van der Waals surface area contributed by atoms with Gasteiger partial charge in [-0.05, 0) is 122 Å². The molecule has 0 radical (unpaired) electrons. The van der Waals surface area contributed by atoms with Crippen molar-refractivity contribution >= 4 is 11.9 Å². The van der Waals surface area contributed by atoms with Crippen LogP contribution in [0, 0.1) is 71.0 Å². The Morgan fingerprint density at radius 3 is 1.38 bits per heavy atom. The van der Waals surface area contributed by atoms with E-state index in [4.69, 9.17) is 0 Å². The maximum atomic E-state index is 12.0. The molecule has 0 heterocycles. The summed E-state index contributed by atoms with van der Waals surface area (Å²) in [5.74, 6) is 4.99. The molecule has 4 bridgehead atoms.